The lowest BCUT2D eigenvalue weighted by Gasteiger charge is -2.32. The van der Waals surface area contributed by atoms with Gasteiger partial charge in [0, 0.05) is 6.42 Å². The van der Waals surface area contributed by atoms with Crippen molar-refractivity contribution >= 4 is 17.4 Å². The van der Waals surface area contributed by atoms with Gasteiger partial charge >= 0.3 is 6.18 Å². The minimum absolute atomic E-state index is 0.00518. The van der Waals surface area contributed by atoms with Crippen molar-refractivity contribution in [3.8, 4) is 0 Å². The number of anilines is 2. The Bertz CT molecular complexity index is 1390. The number of hydrogen-bond donors (Lipinski definition) is 2. The van der Waals surface area contributed by atoms with Crippen molar-refractivity contribution in [3.63, 3.8) is 0 Å². The fraction of sp³-hybridized carbons (Fsp3) is 0.320. The second-order valence-electron chi connectivity index (χ2n) is 9.00. The number of aromatic nitrogens is 4. The number of fused-ring (bicyclic) bond motifs is 1. The van der Waals surface area contributed by atoms with Crippen molar-refractivity contribution in [1.82, 2.24) is 19.6 Å². The highest BCUT2D eigenvalue weighted by atomic mass is 19.4. The molecule has 11 heteroatoms. The molecule has 0 fully saturated rings. The molecule has 2 atom stereocenters. The topological polar surface area (TPSA) is 89.9 Å². The van der Waals surface area contributed by atoms with Crippen LogP contribution in [0.5, 0.6) is 0 Å². The van der Waals surface area contributed by atoms with Gasteiger partial charge in [0.2, 0.25) is 0 Å². The van der Waals surface area contributed by atoms with Gasteiger partial charge in [0.25, 0.3) is 5.91 Å². The number of rotatable bonds is 5. The quantitative estimate of drug-likeness (QED) is 0.376. The zero-order chi connectivity index (χ0) is 25.6. The van der Waals surface area contributed by atoms with Gasteiger partial charge in [-0.05, 0) is 38.5 Å². The van der Waals surface area contributed by atoms with Crippen LogP contribution in [-0.2, 0) is 6.54 Å². The molecule has 4 heterocycles. The van der Waals surface area contributed by atoms with Crippen molar-refractivity contribution in [3.05, 3.63) is 82.7 Å². The summed E-state index contributed by atoms with van der Waals surface area (Å²) in [6.45, 7) is 6.14. The fourth-order valence-corrected chi connectivity index (χ4v) is 4.48. The number of amides is 1. The maximum absolute atomic E-state index is 13.9. The first-order valence-electron chi connectivity index (χ1n) is 11.5. The number of aryl methyl sites for hydroxylation is 2. The summed E-state index contributed by atoms with van der Waals surface area (Å²) < 4.78 is 49.6. The third kappa shape index (κ3) is 4.36. The predicted octanol–water partition coefficient (Wildman–Crippen LogP) is 5.56. The molecular weight excluding hydrogens is 473 g/mol. The van der Waals surface area contributed by atoms with Crippen molar-refractivity contribution in [2.45, 2.75) is 52.0 Å². The van der Waals surface area contributed by atoms with E-state index < -0.39 is 24.2 Å². The van der Waals surface area contributed by atoms with Gasteiger partial charge in [-0.1, -0.05) is 29.8 Å². The molecule has 188 valence electrons. The average molecular weight is 499 g/mol. The first kappa shape index (κ1) is 23.7. The monoisotopic (exact) mass is 498 g/mol. The second kappa shape index (κ2) is 8.89. The highest BCUT2D eigenvalue weighted by Crippen LogP contribution is 2.44. The number of benzene rings is 1. The number of halogens is 3. The molecule has 0 radical (unpaired) electrons. The van der Waals surface area contributed by atoms with Crippen LogP contribution >= 0.6 is 0 Å². The van der Waals surface area contributed by atoms with Gasteiger partial charge in [-0.25, -0.2) is 4.68 Å². The summed E-state index contributed by atoms with van der Waals surface area (Å²) in [5, 5.41) is 14.3. The highest BCUT2D eigenvalue weighted by molar-refractivity contribution is 6.08. The molecule has 8 nitrogen and oxygen atoms in total. The van der Waals surface area contributed by atoms with Crippen LogP contribution in [0, 0.1) is 20.8 Å². The van der Waals surface area contributed by atoms with E-state index in [1.54, 1.807) is 23.7 Å². The van der Waals surface area contributed by atoms with Gasteiger partial charge in [0.05, 0.1) is 42.1 Å². The first-order valence-corrected chi connectivity index (χ1v) is 11.5. The molecule has 2 unspecified atom stereocenters. The third-order valence-electron chi connectivity index (χ3n) is 6.44. The summed E-state index contributed by atoms with van der Waals surface area (Å²) in [7, 11) is 0. The van der Waals surface area contributed by atoms with Crippen LogP contribution in [0.2, 0.25) is 0 Å². The lowest BCUT2D eigenvalue weighted by molar-refractivity contribution is -0.174. The second-order valence-corrected chi connectivity index (χ2v) is 9.00. The summed E-state index contributed by atoms with van der Waals surface area (Å²) in [6, 6.07) is 8.62. The van der Waals surface area contributed by atoms with E-state index >= 15 is 0 Å². The van der Waals surface area contributed by atoms with Gasteiger partial charge in [-0.3, -0.25) is 9.48 Å². The molecule has 2 N–H and O–H groups in total. The van der Waals surface area contributed by atoms with E-state index in [4.69, 9.17) is 4.42 Å². The minimum Gasteiger partial charge on any atom is -0.467 e. The number of hydrogen-bond acceptors (Lipinski definition) is 5. The minimum atomic E-state index is -4.55. The van der Waals surface area contributed by atoms with Crippen LogP contribution in [0.4, 0.5) is 24.7 Å². The van der Waals surface area contributed by atoms with Gasteiger partial charge in [0.15, 0.2) is 6.04 Å². The summed E-state index contributed by atoms with van der Waals surface area (Å²) >= 11 is 0. The summed E-state index contributed by atoms with van der Waals surface area (Å²) in [6.07, 6.45) is -2.30. The SMILES string of the molecule is Cc1ccc(Cn2nc(C)c(NC(=O)c3cnn4c3NC(c3ccco3)CC4C(F)(F)F)c2C)cc1. The molecule has 1 amide bonds. The van der Waals surface area contributed by atoms with Crippen LogP contribution in [0.25, 0.3) is 0 Å². The zero-order valence-corrected chi connectivity index (χ0v) is 19.9. The molecule has 4 aromatic rings. The standard InChI is InChI=1S/C25H25F3N6O2/c1-14-6-8-17(9-7-14)13-33-16(3)22(15(2)32-33)31-24(35)18-12-29-34-21(25(26,27)28)11-19(30-23(18)34)20-5-4-10-36-20/h4-10,12,19,21,30H,11,13H2,1-3H3,(H,31,35). The molecule has 1 aliphatic heterocycles. The van der Waals surface area contributed by atoms with E-state index in [1.165, 1.54) is 6.26 Å². The Hall–Kier alpha value is -4.02. The smallest absolute Gasteiger partial charge is 0.410 e. The molecular formula is C25H25F3N6O2. The van der Waals surface area contributed by atoms with E-state index in [-0.39, 0.29) is 17.8 Å². The van der Waals surface area contributed by atoms with E-state index in [0.717, 1.165) is 27.7 Å². The summed E-state index contributed by atoms with van der Waals surface area (Å²) in [4.78, 5) is 13.3. The number of nitrogens with one attached hydrogen (secondary N) is 2. The Kier molecular flexibility index (Phi) is 5.85. The van der Waals surface area contributed by atoms with Crippen LogP contribution in [0.3, 0.4) is 0 Å². The normalized spacial score (nSPS) is 17.5. The van der Waals surface area contributed by atoms with Gasteiger partial charge in [0.1, 0.15) is 17.1 Å². The molecule has 36 heavy (non-hydrogen) atoms. The van der Waals surface area contributed by atoms with Crippen molar-refractivity contribution in [2.75, 3.05) is 10.6 Å². The maximum Gasteiger partial charge on any atom is 0.410 e. The molecule has 0 saturated carbocycles. The molecule has 3 aromatic heterocycles. The predicted molar refractivity (Wildman–Crippen MR) is 127 cm³/mol. The zero-order valence-electron chi connectivity index (χ0n) is 19.9. The number of carbonyl (C=O) groups excluding carboxylic acids is 1. The van der Waals surface area contributed by atoms with Crippen LogP contribution in [-0.4, -0.2) is 31.6 Å². The number of carbonyl (C=O) groups is 1. The molecule has 0 saturated heterocycles. The Labute approximate surface area is 205 Å². The fourth-order valence-electron chi connectivity index (χ4n) is 4.48. The lowest BCUT2D eigenvalue weighted by atomic mass is 10.0. The van der Waals surface area contributed by atoms with E-state index in [9.17, 15) is 18.0 Å². The van der Waals surface area contributed by atoms with Crippen LogP contribution in [0.1, 0.15) is 57.1 Å². The van der Waals surface area contributed by atoms with Crippen molar-refractivity contribution in [2.24, 2.45) is 0 Å². The number of nitrogens with zero attached hydrogens (tertiary/aromatic N) is 4. The lowest BCUT2D eigenvalue weighted by Crippen LogP contribution is -2.36. The molecule has 0 aliphatic carbocycles. The van der Waals surface area contributed by atoms with Gasteiger partial charge in [-0.2, -0.15) is 23.4 Å². The van der Waals surface area contributed by atoms with E-state index in [1.807, 2.05) is 38.1 Å². The largest absolute Gasteiger partial charge is 0.467 e. The third-order valence-corrected chi connectivity index (χ3v) is 6.44. The summed E-state index contributed by atoms with van der Waals surface area (Å²) in [5.74, 6) is -0.234. The number of furan rings is 1. The Morgan fingerprint density at radius 3 is 2.61 bits per heavy atom. The van der Waals surface area contributed by atoms with E-state index in [2.05, 4.69) is 20.8 Å². The Balaban J connectivity index is 1.42. The van der Waals surface area contributed by atoms with Crippen LogP contribution < -0.4 is 10.6 Å². The molecule has 1 aliphatic rings. The summed E-state index contributed by atoms with van der Waals surface area (Å²) in [5.41, 5.74) is 4.06. The Morgan fingerprint density at radius 2 is 1.94 bits per heavy atom. The molecule has 0 bridgehead atoms. The van der Waals surface area contributed by atoms with E-state index in [0.29, 0.717) is 23.7 Å². The van der Waals surface area contributed by atoms with Crippen molar-refractivity contribution < 1.29 is 22.4 Å². The molecule has 1 aromatic carbocycles. The maximum atomic E-state index is 13.9. The molecule has 5 rings (SSSR count). The molecule has 0 spiro atoms. The van der Waals surface area contributed by atoms with Crippen LogP contribution in [0.15, 0.2) is 53.3 Å². The first-order chi connectivity index (χ1) is 17.1. The van der Waals surface area contributed by atoms with Gasteiger partial charge < -0.3 is 15.1 Å². The van der Waals surface area contributed by atoms with Gasteiger partial charge in [-0.15, -0.1) is 0 Å². The van der Waals surface area contributed by atoms with Crippen molar-refractivity contribution in [1.29, 1.82) is 0 Å². The Morgan fingerprint density at radius 1 is 1.19 bits per heavy atom. The number of alkyl halides is 3. The highest BCUT2D eigenvalue weighted by Gasteiger charge is 2.47. The average Bonchev–Trinajstić information content (AvgIpc) is 3.56.